The number of aromatic nitrogens is 2. The summed E-state index contributed by atoms with van der Waals surface area (Å²) in [6, 6.07) is 0.804. The van der Waals surface area contributed by atoms with Gasteiger partial charge in [0, 0.05) is 44.4 Å². The molecule has 0 amide bonds. The number of benzene rings is 1. The van der Waals surface area contributed by atoms with Gasteiger partial charge in [-0.05, 0) is 24.1 Å². The van der Waals surface area contributed by atoms with E-state index in [1.807, 2.05) is 0 Å². The minimum atomic E-state index is -4.71. The number of halogens is 5. The number of nitrogens with zero attached hydrogens (tertiary/aromatic N) is 4. The van der Waals surface area contributed by atoms with Crippen molar-refractivity contribution in [2.24, 2.45) is 0 Å². The van der Waals surface area contributed by atoms with Crippen molar-refractivity contribution in [3.8, 4) is 5.75 Å². The lowest BCUT2D eigenvalue weighted by Gasteiger charge is -2.37. The van der Waals surface area contributed by atoms with Crippen LogP contribution in [0.4, 0.5) is 28.0 Å². The number of ether oxygens (including phenoxy) is 1. The first-order valence-electron chi connectivity index (χ1n) is 10.3. The number of hydrogen-bond acceptors (Lipinski definition) is 9. The average molecular weight is 512 g/mol. The number of piperidine rings is 1. The molecular formula is C19H21F5N4O5S. The lowest BCUT2D eigenvalue weighted by atomic mass is 10.0. The van der Waals surface area contributed by atoms with Gasteiger partial charge in [-0.3, -0.25) is 4.90 Å². The summed E-state index contributed by atoms with van der Waals surface area (Å²) in [5.74, 6) is -4.10. The van der Waals surface area contributed by atoms with E-state index in [1.165, 1.54) is 4.90 Å². The van der Waals surface area contributed by atoms with Crippen molar-refractivity contribution < 1.29 is 44.7 Å². The van der Waals surface area contributed by atoms with Crippen LogP contribution in [0.1, 0.15) is 25.1 Å². The van der Waals surface area contributed by atoms with Gasteiger partial charge in [0.2, 0.25) is 0 Å². The molecule has 4 rings (SSSR count). The van der Waals surface area contributed by atoms with Crippen molar-refractivity contribution in [2.75, 3.05) is 30.8 Å². The minimum Gasteiger partial charge on any atom is -0.483 e. The Bertz CT molecular complexity index is 1150. The largest absolute Gasteiger partial charge is 0.483 e. The van der Waals surface area contributed by atoms with Crippen LogP contribution in [0.25, 0.3) is 0 Å². The second-order valence-electron chi connectivity index (χ2n) is 8.20. The Balaban J connectivity index is 1.37. The van der Waals surface area contributed by atoms with Gasteiger partial charge in [-0.15, -0.1) is 0 Å². The molecule has 34 heavy (non-hydrogen) atoms. The van der Waals surface area contributed by atoms with Gasteiger partial charge >= 0.3 is 12.2 Å². The standard InChI is InChI=1S/C19H21F5N4O5S/c1-34(30,31)15-9-11(20)14(8-12(15)21)32-13-4-7-28(16(13)29)10-2-5-27(6-3-10)18-25-17(26-33-18)19(22,23)24/h8-10,13,16,29H,2-7H2,1H3. The number of sulfone groups is 1. The van der Waals surface area contributed by atoms with Crippen LogP contribution in [0, 0.1) is 11.6 Å². The Kier molecular flexibility index (Phi) is 6.46. The van der Waals surface area contributed by atoms with Crippen molar-refractivity contribution in [2.45, 2.75) is 48.7 Å². The van der Waals surface area contributed by atoms with E-state index in [0.29, 0.717) is 51.0 Å². The van der Waals surface area contributed by atoms with Crippen molar-refractivity contribution in [3.63, 3.8) is 0 Å². The predicted molar refractivity (Wildman–Crippen MR) is 106 cm³/mol. The maximum atomic E-state index is 14.3. The van der Waals surface area contributed by atoms with E-state index in [9.17, 15) is 35.5 Å². The molecule has 188 valence electrons. The predicted octanol–water partition coefficient (Wildman–Crippen LogP) is 2.21. The van der Waals surface area contributed by atoms with Crippen LogP contribution in [-0.2, 0) is 16.0 Å². The van der Waals surface area contributed by atoms with E-state index in [1.54, 1.807) is 4.90 Å². The molecule has 2 aliphatic heterocycles. The summed E-state index contributed by atoms with van der Waals surface area (Å²) in [4.78, 5) is 5.84. The van der Waals surface area contributed by atoms with Crippen molar-refractivity contribution in [1.82, 2.24) is 15.0 Å². The molecule has 0 aliphatic carbocycles. The molecule has 15 heteroatoms. The van der Waals surface area contributed by atoms with Crippen LogP contribution >= 0.6 is 0 Å². The molecule has 0 bridgehead atoms. The monoisotopic (exact) mass is 512 g/mol. The number of aliphatic hydroxyl groups excluding tert-OH is 1. The van der Waals surface area contributed by atoms with Gasteiger partial charge in [0.1, 0.15) is 23.0 Å². The third-order valence-corrected chi connectivity index (χ3v) is 6.99. The van der Waals surface area contributed by atoms with Crippen LogP contribution in [0.15, 0.2) is 21.6 Å². The molecular weight excluding hydrogens is 491 g/mol. The van der Waals surface area contributed by atoms with Crippen molar-refractivity contribution in [3.05, 3.63) is 29.6 Å². The molecule has 2 fully saturated rings. The Labute approximate surface area is 191 Å². The van der Waals surface area contributed by atoms with Crippen LogP contribution < -0.4 is 9.64 Å². The molecule has 1 aromatic heterocycles. The first-order chi connectivity index (χ1) is 15.8. The topological polar surface area (TPSA) is 109 Å². The highest BCUT2D eigenvalue weighted by Gasteiger charge is 2.41. The molecule has 2 atom stereocenters. The van der Waals surface area contributed by atoms with Gasteiger partial charge in [-0.1, -0.05) is 0 Å². The molecule has 1 N–H and O–H groups in total. The molecule has 0 radical (unpaired) electrons. The fourth-order valence-electron chi connectivity index (χ4n) is 4.19. The summed E-state index contributed by atoms with van der Waals surface area (Å²) in [6.45, 7) is 1.01. The highest BCUT2D eigenvalue weighted by atomic mass is 32.2. The van der Waals surface area contributed by atoms with E-state index in [0.717, 1.165) is 6.26 Å². The quantitative estimate of drug-likeness (QED) is 0.603. The average Bonchev–Trinajstić information content (AvgIpc) is 3.38. The Hall–Kier alpha value is -2.52. The minimum absolute atomic E-state index is 0.140. The van der Waals surface area contributed by atoms with Crippen LogP contribution in [-0.4, -0.2) is 72.8 Å². The summed E-state index contributed by atoms with van der Waals surface area (Å²) in [5, 5.41) is 13.6. The van der Waals surface area contributed by atoms with E-state index < -0.39 is 56.4 Å². The lowest BCUT2D eigenvalue weighted by Crippen LogP contribution is -2.49. The zero-order valence-electron chi connectivity index (χ0n) is 17.8. The van der Waals surface area contributed by atoms with Crippen LogP contribution in [0.5, 0.6) is 5.75 Å². The van der Waals surface area contributed by atoms with Crippen molar-refractivity contribution in [1.29, 1.82) is 0 Å². The van der Waals surface area contributed by atoms with Gasteiger partial charge < -0.3 is 19.3 Å². The number of rotatable bonds is 5. The zero-order chi connectivity index (χ0) is 24.8. The lowest BCUT2D eigenvalue weighted by molar-refractivity contribution is -0.146. The third kappa shape index (κ3) is 4.95. The maximum Gasteiger partial charge on any atom is 0.455 e. The Morgan fingerprint density at radius 1 is 1.12 bits per heavy atom. The van der Waals surface area contributed by atoms with Gasteiger partial charge in [0.05, 0.1) is 0 Å². The smallest absolute Gasteiger partial charge is 0.455 e. The summed E-state index contributed by atoms with van der Waals surface area (Å²) < 4.78 is 99.7. The zero-order valence-corrected chi connectivity index (χ0v) is 18.6. The summed E-state index contributed by atoms with van der Waals surface area (Å²) >= 11 is 0. The molecule has 2 aliphatic rings. The number of aliphatic hydroxyl groups is 1. The van der Waals surface area contributed by atoms with E-state index in [-0.39, 0.29) is 12.1 Å². The summed E-state index contributed by atoms with van der Waals surface area (Å²) in [7, 11) is -3.97. The highest BCUT2D eigenvalue weighted by Crippen LogP contribution is 2.33. The first-order valence-corrected chi connectivity index (χ1v) is 12.2. The fourth-order valence-corrected chi connectivity index (χ4v) is 4.92. The molecule has 1 aromatic carbocycles. The number of anilines is 1. The van der Waals surface area contributed by atoms with E-state index in [4.69, 9.17) is 9.26 Å². The van der Waals surface area contributed by atoms with Gasteiger partial charge in [-0.25, -0.2) is 17.2 Å². The normalized spacial score (nSPS) is 23.0. The molecule has 2 unspecified atom stereocenters. The third-order valence-electron chi connectivity index (χ3n) is 5.88. The summed E-state index contributed by atoms with van der Waals surface area (Å²) in [5.41, 5.74) is 0. The molecule has 0 spiro atoms. The second kappa shape index (κ2) is 8.92. The Morgan fingerprint density at radius 2 is 1.79 bits per heavy atom. The second-order valence-corrected chi connectivity index (χ2v) is 10.2. The summed E-state index contributed by atoms with van der Waals surface area (Å²) in [6.07, 6.45) is -4.74. The molecule has 2 aromatic rings. The van der Waals surface area contributed by atoms with Crippen LogP contribution in [0.2, 0.25) is 0 Å². The molecule has 2 saturated heterocycles. The van der Waals surface area contributed by atoms with E-state index >= 15 is 0 Å². The number of likely N-dealkylation sites (tertiary alicyclic amines) is 1. The Morgan fingerprint density at radius 3 is 2.38 bits per heavy atom. The van der Waals surface area contributed by atoms with Gasteiger partial charge in [0.25, 0.3) is 5.82 Å². The highest BCUT2D eigenvalue weighted by molar-refractivity contribution is 7.90. The SMILES string of the molecule is CS(=O)(=O)c1cc(F)c(OC2CCN(C3CCN(c4nc(C(F)(F)F)no4)CC3)C2O)cc1F. The van der Waals surface area contributed by atoms with E-state index in [2.05, 4.69) is 10.1 Å². The molecule has 0 saturated carbocycles. The number of alkyl halides is 3. The van der Waals surface area contributed by atoms with Crippen LogP contribution in [0.3, 0.4) is 0 Å². The maximum absolute atomic E-state index is 14.3. The number of hydrogen-bond donors (Lipinski definition) is 1. The first kappa shape index (κ1) is 24.6. The van der Waals surface area contributed by atoms with Gasteiger partial charge in [0.15, 0.2) is 21.4 Å². The fraction of sp³-hybridized carbons (Fsp3) is 0.579. The van der Waals surface area contributed by atoms with Gasteiger partial charge in [-0.2, -0.15) is 18.2 Å². The van der Waals surface area contributed by atoms with Crippen molar-refractivity contribution >= 4 is 15.9 Å². The molecule has 9 nitrogen and oxygen atoms in total. The molecule has 3 heterocycles.